The number of rotatable bonds is 5. The lowest BCUT2D eigenvalue weighted by Gasteiger charge is -2.13. The fourth-order valence-corrected chi connectivity index (χ4v) is 1.96. The number of nitrogens with one attached hydrogen (secondary N) is 1. The molecule has 1 heterocycles. The fourth-order valence-electron chi connectivity index (χ4n) is 1.96. The van der Waals surface area contributed by atoms with Crippen molar-refractivity contribution in [2.45, 2.75) is 6.54 Å². The Morgan fingerprint density at radius 2 is 2.00 bits per heavy atom. The summed E-state index contributed by atoms with van der Waals surface area (Å²) >= 11 is 0. The average Bonchev–Trinajstić information content (AvgIpc) is 2.78. The van der Waals surface area contributed by atoms with Gasteiger partial charge in [-0.15, -0.1) is 0 Å². The fraction of sp³-hybridized carbons (Fsp3) is 0.286. The summed E-state index contributed by atoms with van der Waals surface area (Å²) < 4.78 is 2.03. The molecule has 0 saturated heterocycles. The van der Waals surface area contributed by atoms with Gasteiger partial charge in [-0.05, 0) is 24.3 Å². The smallest absolute Gasteiger partial charge is 0.248 e. The van der Waals surface area contributed by atoms with Crippen molar-refractivity contribution in [2.75, 3.05) is 24.3 Å². The van der Waals surface area contributed by atoms with Crippen molar-refractivity contribution in [1.29, 1.82) is 0 Å². The van der Waals surface area contributed by atoms with E-state index in [0.29, 0.717) is 12.1 Å². The molecule has 6 nitrogen and oxygen atoms in total. The Balaban J connectivity index is 2.03. The van der Waals surface area contributed by atoms with Gasteiger partial charge in [0.15, 0.2) is 0 Å². The van der Waals surface area contributed by atoms with E-state index in [1.807, 2.05) is 48.9 Å². The summed E-state index contributed by atoms with van der Waals surface area (Å²) in [6, 6.07) is 7.09. The monoisotopic (exact) mass is 273 g/mol. The third-order valence-electron chi connectivity index (χ3n) is 3.10. The number of nitrogens with two attached hydrogens (primary N) is 1. The topological polar surface area (TPSA) is 76.2 Å². The van der Waals surface area contributed by atoms with Crippen LogP contribution in [0.4, 0.5) is 11.6 Å². The van der Waals surface area contributed by atoms with E-state index < -0.39 is 5.91 Å². The van der Waals surface area contributed by atoms with Crippen molar-refractivity contribution in [2.24, 2.45) is 12.8 Å². The number of carbonyl (C=O) groups excluding carboxylic acids is 1. The Hall–Kier alpha value is -2.50. The van der Waals surface area contributed by atoms with E-state index in [2.05, 4.69) is 10.3 Å². The number of anilines is 2. The van der Waals surface area contributed by atoms with E-state index in [1.165, 1.54) is 0 Å². The molecule has 2 aromatic rings. The molecule has 0 atom stereocenters. The predicted octanol–water partition coefficient (Wildman–Crippen LogP) is 1.20. The highest BCUT2D eigenvalue weighted by molar-refractivity contribution is 5.93. The van der Waals surface area contributed by atoms with Gasteiger partial charge in [0, 0.05) is 32.4 Å². The Morgan fingerprint density at radius 3 is 2.50 bits per heavy atom. The van der Waals surface area contributed by atoms with Gasteiger partial charge in [0.25, 0.3) is 0 Å². The van der Waals surface area contributed by atoms with Crippen LogP contribution < -0.4 is 16.0 Å². The number of primary amides is 1. The van der Waals surface area contributed by atoms with Crippen LogP contribution in [0.1, 0.15) is 16.1 Å². The van der Waals surface area contributed by atoms with Crippen LogP contribution in [0.15, 0.2) is 30.5 Å². The van der Waals surface area contributed by atoms with Crippen LogP contribution in [0.2, 0.25) is 0 Å². The van der Waals surface area contributed by atoms with Crippen LogP contribution in [0, 0.1) is 0 Å². The van der Waals surface area contributed by atoms with E-state index >= 15 is 0 Å². The maximum absolute atomic E-state index is 11.0. The predicted molar refractivity (Wildman–Crippen MR) is 79.8 cm³/mol. The normalized spacial score (nSPS) is 10.3. The van der Waals surface area contributed by atoms with E-state index in [1.54, 1.807) is 12.1 Å². The first kappa shape index (κ1) is 13.9. The van der Waals surface area contributed by atoms with Gasteiger partial charge in [-0.2, -0.15) is 0 Å². The highest BCUT2D eigenvalue weighted by Gasteiger charge is 2.07. The number of benzene rings is 1. The Bertz CT molecular complexity index is 601. The zero-order chi connectivity index (χ0) is 14.7. The molecule has 0 aliphatic carbocycles. The van der Waals surface area contributed by atoms with Gasteiger partial charge in [-0.1, -0.05) is 0 Å². The van der Waals surface area contributed by atoms with Gasteiger partial charge in [0.2, 0.25) is 11.9 Å². The molecule has 1 aromatic carbocycles. The summed E-state index contributed by atoms with van der Waals surface area (Å²) in [4.78, 5) is 17.3. The number of aromatic nitrogens is 2. The summed E-state index contributed by atoms with van der Waals surface area (Å²) in [6.07, 6.45) is 1.85. The summed E-state index contributed by atoms with van der Waals surface area (Å²) in [5.74, 6) is 0.490. The summed E-state index contributed by atoms with van der Waals surface area (Å²) in [6.45, 7) is 0.660. The van der Waals surface area contributed by atoms with Gasteiger partial charge in [-0.25, -0.2) is 4.98 Å². The third kappa shape index (κ3) is 2.90. The van der Waals surface area contributed by atoms with Gasteiger partial charge in [0.05, 0.1) is 18.4 Å². The molecule has 0 fully saturated rings. The quantitative estimate of drug-likeness (QED) is 0.858. The Morgan fingerprint density at radius 1 is 1.35 bits per heavy atom. The maximum atomic E-state index is 11.0. The van der Waals surface area contributed by atoms with Gasteiger partial charge in [-0.3, -0.25) is 4.79 Å². The maximum Gasteiger partial charge on any atom is 0.248 e. The lowest BCUT2D eigenvalue weighted by molar-refractivity contribution is 0.100. The van der Waals surface area contributed by atoms with E-state index in [-0.39, 0.29) is 0 Å². The van der Waals surface area contributed by atoms with Crippen LogP contribution in [0.5, 0.6) is 0 Å². The second-order valence-electron chi connectivity index (χ2n) is 4.80. The van der Waals surface area contributed by atoms with Crippen LogP contribution in [0.25, 0.3) is 0 Å². The molecule has 0 unspecified atom stereocenters. The van der Waals surface area contributed by atoms with Crippen molar-refractivity contribution in [3.05, 3.63) is 41.7 Å². The summed E-state index contributed by atoms with van der Waals surface area (Å²) in [7, 11) is 5.90. The molecule has 0 saturated carbocycles. The molecule has 0 spiro atoms. The molecule has 1 aromatic heterocycles. The van der Waals surface area contributed by atoms with Gasteiger partial charge in [0.1, 0.15) is 0 Å². The number of amides is 1. The molecule has 3 N–H and O–H groups in total. The zero-order valence-electron chi connectivity index (χ0n) is 11.9. The van der Waals surface area contributed by atoms with E-state index in [4.69, 9.17) is 5.73 Å². The zero-order valence-corrected chi connectivity index (χ0v) is 11.9. The Labute approximate surface area is 118 Å². The summed E-state index contributed by atoms with van der Waals surface area (Å²) in [5.41, 5.74) is 7.72. The standard InChI is InChI=1S/C14H19N5O/c1-18(2)14-17-9-12(19(14)3)8-16-11-6-4-10(5-7-11)13(15)20/h4-7,9,16H,8H2,1-3H3,(H2,15,20). The SMILES string of the molecule is CN(C)c1ncc(CNc2ccc(C(N)=O)cc2)n1C. The van der Waals surface area contributed by atoms with Gasteiger partial charge >= 0.3 is 0 Å². The second kappa shape index (κ2) is 5.64. The van der Waals surface area contributed by atoms with Crippen molar-refractivity contribution in [3.63, 3.8) is 0 Å². The molecule has 1 amide bonds. The minimum Gasteiger partial charge on any atom is -0.379 e. The van der Waals surface area contributed by atoms with Crippen LogP contribution in [-0.4, -0.2) is 29.6 Å². The highest BCUT2D eigenvalue weighted by atomic mass is 16.1. The molecular formula is C14H19N5O. The molecule has 0 bridgehead atoms. The number of imidazole rings is 1. The number of carbonyl (C=O) groups is 1. The van der Waals surface area contributed by atoms with Crippen molar-refractivity contribution in [1.82, 2.24) is 9.55 Å². The molecular weight excluding hydrogens is 254 g/mol. The molecule has 6 heteroatoms. The first-order valence-electron chi connectivity index (χ1n) is 6.30. The third-order valence-corrected chi connectivity index (χ3v) is 3.10. The first-order chi connectivity index (χ1) is 9.49. The number of nitrogens with zero attached hydrogens (tertiary/aromatic N) is 3. The van der Waals surface area contributed by atoms with Gasteiger partial charge < -0.3 is 20.5 Å². The Kier molecular flexibility index (Phi) is 3.93. The summed E-state index contributed by atoms with van der Waals surface area (Å²) in [5, 5.41) is 3.29. The van der Waals surface area contributed by atoms with Crippen molar-refractivity contribution in [3.8, 4) is 0 Å². The molecule has 106 valence electrons. The molecule has 0 aliphatic heterocycles. The molecule has 0 radical (unpaired) electrons. The number of hydrogen-bond donors (Lipinski definition) is 2. The minimum absolute atomic E-state index is 0.418. The lowest BCUT2D eigenvalue weighted by atomic mass is 10.2. The minimum atomic E-state index is -0.418. The lowest BCUT2D eigenvalue weighted by Crippen LogP contribution is -2.15. The molecule has 0 aliphatic rings. The van der Waals surface area contributed by atoms with Crippen LogP contribution in [0.3, 0.4) is 0 Å². The van der Waals surface area contributed by atoms with Crippen LogP contribution >= 0.6 is 0 Å². The average molecular weight is 273 g/mol. The van der Waals surface area contributed by atoms with Crippen LogP contribution in [-0.2, 0) is 13.6 Å². The number of hydrogen-bond acceptors (Lipinski definition) is 4. The highest BCUT2D eigenvalue weighted by Crippen LogP contribution is 2.14. The van der Waals surface area contributed by atoms with E-state index in [9.17, 15) is 4.79 Å². The molecule has 2 rings (SSSR count). The second-order valence-corrected chi connectivity index (χ2v) is 4.80. The largest absolute Gasteiger partial charge is 0.379 e. The van der Waals surface area contributed by atoms with Crippen molar-refractivity contribution < 1.29 is 4.79 Å². The van der Waals surface area contributed by atoms with Crippen molar-refractivity contribution >= 4 is 17.5 Å². The van der Waals surface area contributed by atoms with E-state index in [0.717, 1.165) is 17.3 Å². The molecule has 20 heavy (non-hydrogen) atoms. The first-order valence-corrected chi connectivity index (χ1v) is 6.30.